The average Bonchev–Trinajstić information content (AvgIpc) is 2.36. The van der Waals surface area contributed by atoms with E-state index < -0.39 is 18.3 Å². The smallest absolute Gasteiger partial charge is 0.423 e. The number of halogens is 1. The summed E-state index contributed by atoms with van der Waals surface area (Å²) in [4.78, 5) is 2.28. The monoisotopic (exact) mass is 327 g/mol. The predicted octanol–water partition coefficient (Wildman–Crippen LogP) is 1.35. The van der Waals surface area contributed by atoms with Crippen LogP contribution in [0.3, 0.4) is 0 Å². The van der Waals surface area contributed by atoms with E-state index in [4.69, 9.17) is 4.65 Å². The van der Waals surface area contributed by atoms with Gasteiger partial charge in [0.2, 0.25) is 0 Å². The summed E-state index contributed by atoms with van der Waals surface area (Å²) in [7, 11) is 1.08. The van der Waals surface area contributed by atoms with Gasteiger partial charge in [-0.2, -0.15) is 0 Å². The summed E-state index contributed by atoms with van der Waals surface area (Å²) in [5, 5.41) is 20.5. The third-order valence-electron chi connectivity index (χ3n) is 4.60. The Labute approximate surface area is 140 Å². The van der Waals surface area contributed by atoms with Gasteiger partial charge in [-0.25, -0.2) is 0 Å². The van der Waals surface area contributed by atoms with E-state index in [-0.39, 0.29) is 12.4 Å². The molecule has 1 aliphatic heterocycles. The zero-order chi connectivity index (χ0) is 15.8. The van der Waals surface area contributed by atoms with Crippen LogP contribution in [0.25, 0.3) is 0 Å². The molecule has 22 heavy (non-hydrogen) atoms. The summed E-state index contributed by atoms with van der Waals surface area (Å²) in [6.07, 6.45) is 0.987. The van der Waals surface area contributed by atoms with Crippen molar-refractivity contribution in [1.82, 2.24) is 4.90 Å². The zero-order valence-corrected chi connectivity index (χ0v) is 14.9. The van der Waals surface area contributed by atoms with E-state index in [1.165, 1.54) is 11.1 Å². The second kappa shape index (κ2) is 6.89. The number of aliphatic hydroxyl groups is 1. The first-order chi connectivity index (χ1) is 9.60. The van der Waals surface area contributed by atoms with Crippen molar-refractivity contribution in [3.8, 4) is 0 Å². The van der Waals surface area contributed by atoms with Crippen LogP contribution in [0.1, 0.15) is 38.8 Å². The van der Waals surface area contributed by atoms with Gasteiger partial charge in [-0.05, 0) is 57.8 Å². The normalized spacial score (nSPS) is 16.0. The molecule has 2 rings (SSSR count). The first kappa shape index (κ1) is 19.5. The van der Waals surface area contributed by atoms with E-state index in [2.05, 4.69) is 18.0 Å². The van der Waals surface area contributed by atoms with Gasteiger partial charge in [0.15, 0.2) is 0 Å². The Kier molecular flexibility index (Phi) is 6.10. The molecule has 2 N–H and O–H groups in total. The molecule has 1 aliphatic rings. The Balaban J connectivity index is 0.00000242. The van der Waals surface area contributed by atoms with Crippen LogP contribution in [0.2, 0.25) is 0 Å². The van der Waals surface area contributed by atoms with Crippen LogP contribution < -0.4 is 5.46 Å². The second-order valence-electron chi connectivity index (χ2n) is 7.06. The molecule has 1 heterocycles. The third-order valence-corrected chi connectivity index (χ3v) is 4.60. The van der Waals surface area contributed by atoms with Crippen molar-refractivity contribution in [2.45, 2.75) is 51.9 Å². The molecular weight excluding hydrogens is 300 g/mol. The number of hydrogen-bond donors (Lipinski definition) is 2. The Bertz CT molecular complexity index is 517. The van der Waals surface area contributed by atoms with E-state index in [0.717, 1.165) is 25.0 Å². The van der Waals surface area contributed by atoms with Crippen LogP contribution in [0.5, 0.6) is 0 Å². The molecule has 1 aromatic rings. The lowest BCUT2D eigenvalue weighted by Crippen LogP contribution is -2.53. The van der Waals surface area contributed by atoms with Gasteiger partial charge in [0, 0.05) is 13.1 Å². The number of nitrogens with zero attached hydrogens (tertiary/aromatic N) is 1. The number of likely N-dealkylation sites (N-methyl/N-ethyl adjacent to an activating group) is 1. The average molecular weight is 328 g/mol. The Hall–Kier alpha value is -0.585. The van der Waals surface area contributed by atoms with Crippen LogP contribution in [-0.2, 0) is 17.6 Å². The molecule has 0 saturated heterocycles. The number of rotatable bonds is 4. The highest BCUT2D eigenvalue weighted by molar-refractivity contribution is 6.60. The van der Waals surface area contributed by atoms with Crippen molar-refractivity contribution in [2.75, 3.05) is 13.6 Å². The quantitative estimate of drug-likeness (QED) is 0.820. The number of benzene rings is 1. The van der Waals surface area contributed by atoms with Gasteiger partial charge in [-0.1, -0.05) is 18.2 Å². The lowest BCUT2D eigenvalue weighted by molar-refractivity contribution is -0.0982. The SMILES string of the molecule is CN1CCc2cc(B(O)OC(C)(C)C(C)(C)O)ccc2C1.Cl. The van der Waals surface area contributed by atoms with Crippen LogP contribution in [-0.4, -0.2) is 46.9 Å². The Morgan fingerprint density at radius 2 is 1.82 bits per heavy atom. The van der Waals surface area contributed by atoms with Crippen LogP contribution in [0.15, 0.2) is 18.2 Å². The maximum atomic E-state index is 10.3. The molecule has 1 aromatic carbocycles. The van der Waals surface area contributed by atoms with Crippen molar-refractivity contribution >= 4 is 25.0 Å². The van der Waals surface area contributed by atoms with E-state index in [1.807, 2.05) is 12.1 Å². The van der Waals surface area contributed by atoms with Gasteiger partial charge in [0.1, 0.15) is 0 Å². The summed E-state index contributed by atoms with van der Waals surface area (Å²) in [5.74, 6) is 0. The van der Waals surface area contributed by atoms with Gasteiger partial charge in [-0.15, -0.1) is 12.4 Å². The van der Waals surface area contributed by atoms with Gasteiger partial charge in [0.05, 0.1) is 11.2 Å². The minimum atomic E-state index is -1.04. The molecule has 4 nitrogen and oxygen atoms in total. The molecule has 0 unspecified atom stereocenters. The number of hydrogen-bond acceptors (Lipinski definition) is 4. The third kappa shape index (κ3) is 4.24. The van der Waals surface area contributed by atoms with Crippen molar-refractivity contribution < 1.29 is 14.8 Å². The van der Waals surface area contributed by atoms with Crippen LogP contribution in [0, 0.1) is 0 Å². The Morgan fingerprint density at radius 3 is 2.41 bits per heavy atom. The van der Waals surface area contributed by atoms with Crippen molar-refractivity contribution in [3.05, 3.63) is 29.3 Å². The Morgan fingerprint density at radius 1 is 1.18 bits per heavy atom. The molecule has 0 spiro atoms. The van der Waals surface area contributed by atoms with Crippen molar-refractivity contribution in [2.24, 2.45) is 0 Å². The molecule has 0 saturated carbocycles. The van der Waals surface area contributed by atoms with E-state index in [0.29, 0.717) is 0 Å². The van der Waals surface area contributed by atoms with Gasteiger partial charge < -0.3 is 19.7 Å². The molecule has 0 radical (unpaired) electrons. The fraction of sp³-hybridized carbons (Fsp3) is 0.625. The highest BCUT2D eigenvalue weighted by Gasteiger charge is 2.39. The summed E-state index contributed by atoms with van der Waals surface area (Å²) in [6, 6.07) is 5.99. The van der Waals surface area contributed by atoms with E-state index >= 15 is 0 Å². The first-order valence-corrected chi connectivity index (χ1v) is 7.49. The summed E-state index contributed by atoms with van der Waals surface area (Å²) in [5.41, 5.74) is 1.44. The second-order valence-corrected chi connectivity index (χ2v) is 7.06. The molecule has 6 heteroatoms. The molecule has 0 aliphatic carbocycles. The molecule has 0 fully saturated rings. The molecule has 0 bridgehead atoms. The summed E-state index contributed by atoms with van der Waals surface area (Å²) < 4.78 is 5.70. The number of fused-ring (bicyclic) bond motifs is 1. The van der Waals surface area contributed by atoms with Crippen LogP contribution >= 0.6 is 12.4 Å². The van der Waals surface area contributed by atoms with Gasteiger partial charge in [-0.3, -0.25) is 0 Å². The fourth-order valence-electron chi connectivity index (χ4n) is 2.36. The van der Waals surface area contributed by atoms with Crippen LogP contribution in [0.4, 0.5) is 0 Å². The summed E-state index contributed by atoms with van der Waals surface area (Å²) >= 11 is 0. The largest absolute Gasteiger partial charge is 0.491 e. The lowest BCUT2D eigenvalue weighted by Gasteiger charge is -2.38. The molecule has 0 atom stereocenters. The van der Waals surface area contributed by atoms with E-state index in [1.54, 1.807) is 27.7 Å². The maximum absolute atomic E-state index is 10.3. The highest BCUT2D eigenvalue weighted by atomic mass is 35.5. The zero-order valence-electron chi connectivity index (χ0n) is 14.1. The maximum Gasteiger partial charge on any atom is 0.491 e. The van der Waals surface area contributed by atoms with Crippen molar-refractivity contribution in [1.29, 1.82) is 0 Å². The fourth-order valence-corrected chi connectivity index (χ4v) is 2.36. The molecular formula is C16H27BClNO3. The van der Waals surface area contributed by atoms with E-state index in [9.17, 15) is 10.1 Å². The minimum absolute atomic E-state index is 0. The first-order valence-electron chi connectivity index (χ1n) is 7.49. The van der Waals surface area contributed by atoms with Crippen molar-refractivity contribution in [3.63, 3.8) is 0 Å². The van der Waals surface area contributed by atoms with Gasteiger partial charge in [0.25, 0.3) is 0 Å². The molecule has 0 aromatic heterocycles. The lowest BCUT2D eigenvalue weighted by atomic mass is 9.75. The highest BCUT2D eigenvalue weighted by Crippen LogP contribution is 2.25. The van der Waals surface area contributed by atoms with Gasteiger partial charge >= 0.3 is 7.12 Å². The molecule has 124 valence electrons. The topological polar surface area (TPSA) is 52.9 Å². The standard InChI is InChI=1S/C16H26BNO3.ClH/c1-15(2,19)16(3,4)21-17(20)14-7-6-13-11-18(5)9-8-12(13)10-14;/h6-7,10,19-20H,8-9,11H2,1-5H3;1H. The summed E-state index contributed by atoms with van der Waals surface area (Å²) in [6.45, 7) is 8.91. The molecule has 0 amide bonds. The minimum Gasteiger partial charge on any atom is -0.423 e. The predicted molar refractivity (Wildman–Crippen MR) is 92.8 cm³/mol.